The summed E-state index contributed by atoms with van der Waals surface area (Å²) in [6.07, 6.45) is 0. The number of rotatable bonds is 10. The molecule has 1 aromatic heterocycles. The normalized spacial score (nSPS) is 16.2. The maximum absolute atomic E-state index is 13.5. The lowest BCUT2D eigenvalue weighted by Gasteiger charge is -2.22. The van der Waals surface area contributed by atoms with Gasteiger partial charge in [-0.15, -0.1) is 10.2 Å². The summed E-state index contributed by atoms with van der Waals surface area (Å²) in [7, 11) is 0. The molecule has 0 spiro atoms. The number of amides is 1. The van der Waals surface area contributed by atoms with Gasteiger partial charge >= 0.3 is 5.91 Å². The van der Waals surface area contributed by atoms with E-state index in [9.17, 15) is 14.7 Å². The number of ketones is 1. The predicted octanol–water partition coefficient (Wildman–Crippen LogP) is 7.56. The molecule has 0 bridgehead atoms. The number of aliphatic hydroxyl groups excluding tert-OH is 1. The molecule has 216 valence electrons. The van der Waals surface area contributed by atoms with Gasteiger partial charge in [0.05, 0.1) is 24.8 Å². The summed E-state index contributed by atoms with van der Waals surface area (Å²) in [5, 5.41) is 21.2. The van der Waals surface area contributed by atoms with Crippen LogP contribution in [0.2, 0.25) is 10.0 Å². The van der Waals surface area contributed by atoms with Gasteiger partial charge in [-0.2, -0.15) is 0 Å². The van der Waals surface area contributed by atoms with Crippen molar-refractivity contribution < 1.29 is 24.2 Å². The van der Waals surface area contributed by atoms with E-state index in [0.717, 1.165) is 5.56 Å². The number of hydrogen-bond donors (Lipinski definition) is 1. The van der Waals surface area contributed by atoms with Crippen LogP contribution < -0.4 is 14.4 Å². The molecule has 1 aliphatic rings. The van der Waals surface area contributed by atoms with Gasteiger partial charge in [0.15, 0.2) is 4.34 Å². The number of halogens is 2. The second-order valence-electron chi connectivity index (χ2n) is 9.00. The van der Waals surface area contributed by atoms with Crippen molar-refractivity contribution in [3.8, 4) is 11.5 Å². The Hall–Kier alpha value is -3.57. The van der Waals surface area contributed by atoms with Crippen molar-refractivity contribution in [1.29, 1.82) is 0 Å². The molecule has 12 heteroatoms. The number of nitrogens with zero attached hydrogens (tertiary/aromatic N) is 3. The first kappa shape index (κ1) is 29.9. The summed E-state index contributed by atoms with van der Waals surface area (Å²) < 4.78 is 11.6. The minimum Gasteiger partial charge on any atom is -0.507 e. The summed E-state index contributed by atoms with van der Waals surface area (Å²) in [4.78, 5) is 28.3. The van der Waals surface area contributed by atoms with Gasteiger partial charge in [0.2, 0.25) is 5.13 Å². The van der Waals surface area contributed by atoms with E-state index in [4.69, 9.17) is 32.7 Å². The number of thioether (sulfide) groups is 1. The second kappa shape index (κ2) is 13.2. The van der Waals surface area contributed by atoms with Gasteiger partial charge in [0.25, 0.3) is 5.78 Å². The Balaban J connectivity index is 1.52. The van der Waals surface area contributed by atoms with E-state index in [1.165, 1.54) is 28.0 Å². The van der Waals surface area contributed by atoms with Crippen molar-refractivity contribution in [3.63, 3.8) is 0 Å². The molecular weight excluding hydrogens is 617 g/mol. The summed E-state index contributed by atoms with van der Waals surface area (Å²) in [5.41, 5.74) is 1.79. The van der Waals surface area contributed by atoms with Gasteiger partial charge < -0.3 is 14.6 Å². The van der Waals surface area contributed by atoms with Crippen molar-refractivity contribution >= 4 is 68.9 Å². The van der Waals surface area contributed by atoms with E-state index < -0.39 is 17.7 Å². The Labute approximate surface area is 260 Å². The zero-order chi connectivity index (χ0) is 29.8. The highest BCUT2D eigenvalue weighted by molar-refractivity contribution is 8.00. The third-order valence-electron chi connectivity index (χ3n) is 6.36. The molecule has 1 unspecified atom stereocenters. The second-order valence-corrected chi connectivity index (χ2v) is 12.0. The number of ether oxygens (including phenoxy) is 2. The minimum atomic E-state index is -0.941. The third-order valence-corrected chi connectivity index (χ3v) is 9.05. The molecule has 5 rings (SSSR count). The van der Waals surface area contributed by atoms with Crippen LogP contribution in [0.1, 0.15) is 36.6 Å². The molecule has 1 aliphatic heterocycles. The van der Waals surface area contributed by atoms with Crippen LogP contribution in [0.15, 0.2) is 76.6 Å². The number of hydrogen-bond acceptors (Lipinski definition) is 9. The fourth-order valence-corrected chi connectivity index (χ4v) is 6.85. The van der Waals surface area contributed by atoms with Crippen molar-refractivity contribution in [2.24, 2.45) is 0 Å². The lowest BCUT2D eigenvalue weighted by Crippen LogP contribution is -2.29. The minimum absolute atomic E-state index is 0.0503. The van der Waals surface area contributed by atoms with E-state index >= 15 is 0 Å². The quantitative estimate of drug-likeness (QED) is 0.0622. The Morgan fingerprint density at radius 1 is 0.952 bits per heavy atom. The molecule has 1 fully saturated rings. The molecule has 0 radical (unpaired) electrons. The monoisotopic (exact) mass is 641 g/mol. The largest absolute Gasteiger partial charge is 0.507 e. The highest BCUT2D eigenvalue weighted by Crippen LogP contribution is 2.44. The average molecular weight is 643 g/mol. The van der Waals surface area contributed by atoms with Gasteiger partial charge in [-0.25, -0.2) is 0 Å². The van der Waals surface area contributed by atoms with E-state index in [2.05, 4.69) is 10.2 Å². The lowest BCUT2D eigenvalue weighted by molar-refractivity contribution is -0.132. The molecule has 3 aromatic carbocycles. The molecule has 0 aliphatic carbocycles. The van der Waals surface area contributed by atoms with Crippen LogP contribution in [0.5, 0.6) is 11.5 Å². The molecule has 1 atom stereocenters. The van der Waals surface area contributed by atoms with E-state index in [-0.39, 0.29) is 16.5 Å². The van der Waals surface area contributed by atoms with Crippen LogP contribution in [0, 0.1) is 0 Å². The Kier molecular flexibility index (Phi) is 9.37. The number of aliphatic hydroxyl groups is 1. The first-order valence-corrected chi connectivity index (χ1v) is 15.5. The van der Waals surface area contributed by atoms with Crippen LogP contribution in [0.4, 0.5) is 5.13 Å². The maximum atomic E-state index is 13.5. The highest BCUT2D eigenvalue weighted by Gasteiger charge is 2.48. The standard InChI is InChI=1S/C30H25Cl2N3O5S2/c1-3-39-21-11-6-17(7-12-21)25-24(26(36)18-8-13-22(14-9-18)40-4-2)27(37)28(38)35(25)29-33-34-30(42-29)41-16-19-5-10-20(31)15-23(19)32/h5-15,25,36H,3-4,16H2,1-2H3/b26-24-. The first-order chi connectivity index (χ1) is 20.3. The lowest BCUT2D eigenvalue weighted by atomic mass is 9.95. The smallest absolute Gasteiger partial charge is 0.301 e. The molecular formula is C30H25Cl2N3O5S2. The molecule has 42 heavy (non-hydrogen) atoms. The van der Waals surface area contributed by atoms with Crippen molar-refractivity contribution in [1.82, 2.24) is 10.2 Å². The number of anilines is 1. The average Bonchev–Trinajstić information content (AvgIpc) is 3.55. The highest BCUT2D eigenvalue weighted by atomic mass is 35.5. The Bertz CT molecular complexity index is 1640. The van der Waals surface area contributed by atoms with Crippen LogP contribution >= 0.6 is 46.3 Å². The van der Waals surface area contributed by atoms with E-state index in [1.54, 1.807) is 60.7 Å². The number of carbonyl (C=O) groups is 2. The van der Waals surface area contributed by atoms with Gasteiger partial charge in [-0.3, -0.25) is 14.5 Å². The molecule has 0 saturated carbocycles. The topological polar surface area (TPSA) is 102 Å². The fraction of sp³-hybridized carbons (Fsp3) is 0.200. The van der Waals surface area contributed by atoms with Crippen LogP contribution in [-0.2, 0) is 15.3 Å². The summed E-state index contributed by atoms with van der Waals surface area (Å²) >= 11 is 14.9. The Morgan fingerprint density at radius 2 is 1.60 bits per heavy atom. The SMILES string of the molecule is CCOc1ccc(/C(O)=C2/C(=O)C(=O)N(c3nnc(SCc4ccc(Cl)cc4Cl)s3)C2c2ccc(OCC)cc2)cc1. The van der Waals surface area contributed by atoms with Gasteiger partial charge in [0.1, 0.15) is 17.3 Å². The molecule has 1 N–H and O–H groups in total. The molecule has 2 heterocycles. The zero-order valence-corrected chi connectivity index (χ0v) is 25.7. The van der Waals surface area contributed by atoms with E-state index in [1.807, 2.05) is 19.9 Å². The van der Waals surface area contributed by atoms with E-state index in [0.29, 0.717) is 56.0 Å². The molecule has 8 nitrogen and oxygen atoms in total. The van der Waals surface area contributed by atoms with Gasteiger partial charge in [0, 0.05) is 21.4 Å². The van der Waals surface area contributed by atoms with Crippen molar-refractivity contribution in [3.05, 3.63) is 99.0 Å². The zero-order valence-electron chi connectivity index (χ0n) is 22.5. The number of Topliss-reactive ketones (excluding diaryl/α,β-unsaturated/α-hetero) is 1. The van der Waals surface area contributed by atoms with Crippen LogP contribution in [0.3, 0.4) is 0 Å². The van der Waals surface area contributed by atoms with Crippen molar-refractivity contribution in [2.45, 2.75) is 30.0 Å². The maximum Gasteiger partial charge on any atom is 0.301 e. The first-order valence-electron chi connectivity index (χ1n) is 13.0. The van der Waals surface area contributed by atoms with Crippen molar-refractivity contribution in [2.75, 3.05) is 18.1 Å². The molecule has 1 amide bonds. The number of carbonyl (C=O) groups excluding carboxylic acids is 2. The molecule has 1 saturated heterocycles. The van der Waals surface area contributed by atoms with Gasteiger partial charge in [-0.1, -0.05) is 64.5 Å². The number of aromatic nitrogens is 2. The summed E-state index contributed by atoms with van der Waals surface area (Å²) in [5.74, 6) is -0.165. The summed E-state index contributed by atoms with van der Waals surface area (Å²) in [6, 6.07) is 18.0. The van der Waals surface area contributed by atoms with Crippen LogP contribution in [0.25, 0.3) is 5.76 Å². The van der Waals surface area contributed by atoms with Gasteiger partial charge in [-0.05, 0) is 73.5 Å². The predicted molar refractivity (Wildman–Crippen MR) is 166 cm³/mol. The molecule has 4 aromatic rings. The third kappa shape index (κ3) is 6.27. The Morgan fingerprint density at radius 3 is 2.21 bits per heavy atom. The van der Waals surface area contributed by atoms with Crippen LogP contribution in [-0.4, -0.2) is 40.2 Å². The summed E-state index contributed by atoms with van der Waals surface area (Å²) in [6.45, 7) is 4.73. The fourth-order valence-electron chi connectivity index (χ4n) is 4.43. The number of benzene rings is 3.